The maximum absolute atomic E-state index is 12.6. The van der Waals surface area contributed by atoms with E-state index in [1.54, 1.807) is 0 Å². The van der Waals surface area contributed by atoms with Crippen LogP contribution in [0.25, 0.3) is 6.08 Å². The third-order valence-electron chi connectivity index (χ3n) is 4.12. The van der Waals surface area contributed by atoms with Crippen molar-refractivity contribution in [3.8, 4) is 11.5 Å². The fourth-order valence-electron chi connectivity index (χ4n) is 3.00. The molecule has 0 aromatic heterocycles. The van der Waals surface area contributed by atoms with Gasteiger partial charge >= 0.3 is 0 Å². The smallest absolute Gasteiger partial charge is 0.189 e. The van der Waals surface area contributed by atoms with Gasteiger partial charge in [-0.15, -0.1) is 0 Å². The third kappa shape index (κ3) is 2.29. The van der Waals surface area contributed by atoms with Gasteiger partial charge in [-0.05, 0) is 42.2 Å². The Balaban J connectivity index is 1.68. The second kappa shape index (κ2) is 5.34. The first-order valence-electron chi connectivity index (χ1n) is 7.54. The number of ether oxygens (including phenoxy) is 2. The number of Topliss-reactive ketones (excluding diaryl/α,β-unsaturated/α-hetero) is 1. The van der Waals surface area contributed by atoms with Gasteiger partial charge in [0.05, 0.1) is 0 Å². The van der Waals surface area contributed by atoms with Crippen LogP contribution in [0.2, 0.25) is 0 Å². The van der Waals surface area contributed by atoms with Crippen LogP contribution in [-0.2, 0) is 6.42 Å². The lowest BCUT2D eigenvalue weighted by atomic mass is 9.86. The summed E-state index contributed by atoms with van der Waals surface area (Å²) in [5.41, 5.74) is 3.81. The number of benzene rings is 2. The zero-order chi connectivity index (χ0) is 14.9. The summed E-state index contributed by atoms with van der Waals surface area (Å²) in [5, 5.41) is 0. The second-order valence-corrected chi connectivity index (χ2v) is 5.56. The van der Waals surface area contributed by atoms with E-state index < -0.39 is 0 Å². The molecule has 0 saturated heterocycles. The minimum atomic E-state index is 0.136. The van der Waals surface area contributed by atoms with Gasteiger partial charge in [0.15, 0.2) is 17.3 Å². The molecule has 0 bridgehead atoms. The van der Waals surface area contributed by atoms with Crippen LogP contribution in [0.1, 0.15) is 27.9 Å². The maximum Gasteiger partial charge on any atom is 0.189 e. The van der Waals surface area contributed by atoms with Crippen LogP contribution < -0.4 is 9.47 Å². The molecule has 1 aliphatic carbocycles. The predicted octanol–water partition coefficient (Wildman–Crippen LogP) is 3.67. The van der Waals surface area contributed by atoms with E-state index in [4.69, 9.17) is 9.47 Å². The van der Waals surface area contributed by atoms with Crippen LogP contribution >= 0.6 is 0 Å². The van der Waals surface area contributed by atoms with Crippen LogP contribution in [0.3, 0.4) is 0 Å². The molecule has 0 unspecified atom stereocenters. The number of ketones is 1. The summed E-state index contributed by atoms with van der Waals surface area (Å²) < 4.78 is 11.1. The molecule has 0 N–H and O–H groups in total. The van der Waals surface area contributed by atoms with Crippen LogP contribution in [0, 0.1) is 0 Å². The van der Waals surface area contributed by atoms with Gasteiger partial charge in [-0.25, -0.2) is 0 Å². The number of rotatable bonds is 1. The fraction of sp³-hybridized carbons (Fsp3) is 0.211. The van der Waals surface area contributed by atoms with Crippen molar-refractivity contribution in [2.24, 2.45) is 0 Å². The normalized spacial score (nSPS) is 18.2. The molecule has 4 rings (SSSR count). The Morgan fingerprint density at radius 3 is 2.64 bits per heavy atom. The molecule has 0 amide bonds. The van der Waals surface area contributed by atoms with E-state index >= 15 is 0 Å². The van der Waals surface area contributed by atoms with Gasteiger partial charge < -0.3 is 9.47 Å². The van der Waals surface area contributed by atoms with Gasteiger partial charge in [0, 0.05) is 11.1 Å². The summed E-state index contributed by atoms with van der Waals surface area (Å²) in [4.78, 5) is 12.6. The van der Waals surface area contributed by atoms with Crippen LogP contribution in [-0.4, -0.2) is 19.0 Å². The number of hydrogen-bond acceptors (Lipinski definition) is 3. The molecule has 0 atom stereocenters. The molecule has 1 heterocycles. The minimum absolute atomic E-state index is 0.136. The quantitative estimate of drug-likeness (QED) is 0.752. The highest BCUT2D eigenvalue weighted by molar-refractivity contribution is 6.13. The van der Waals surface area contributed by atoms with Gasteiger partial charge in [-0.2, -0.15) is 0 Å². The highest BCUT2D eigenvalue weighted by Gasteiger charge is 2.21. The number of carbonyl (C=O) groups excluding carboxylic acids is 1. The molecular formula is C19H16O3. The van der Waals surface area contributed by atoms with Gasteiger partial charge in [-0.3, -0.25) is 4.79 Å². The zero-order valence-electron chi connectivity index (χ0n) is 12.2. The van der Waals surface area contributed by atoms with Crippen molar-refractivity contribution >= 4 is 11.9 Å². The number of allylic oxidation sites excluding steroid dienone is 1. The van der Waals surface area contributed by atoms with Crippen molar-refractivity contribution in [1.82, 2.24) is 0 Å². The second-order valence-electron chi connectivity index (χ2n) is 5.56. The topological polar surface area (TPSA) is 35.5 Å². The van der Waals surface area contributed by atoms with Crippen molar-refractivity contribution in [1.29, 1.82) is 0 Å². The number of hydrogen-bond donors (Lipinski definition) is 0. The summed E-state index contributed by atoms with van der Waals surface area (Å²) in [7, 11) is 0. The molecule has 1 aliphatic heterocycles. The first kappa shape index (κ1) is 13.1. The standard InChI is InChI=1S/C19H16O3/c20-19-15(7-6-14-3-1-2-4-16(14)19)11-13-5-8-17-18(12-13)22-10-9-21-17/h1-5,8,11-12H,6-7,9-10H2. The third-order valence-corrected chi connectivity index (χ3v) is 4.12. The van der Waals surface area contributed by atoms with E-state index in [9.17, 15) is 4.79 Å². The number of fused-ring (bicyclic) bond motifs is 2. The van der Waals surface area contributed by atoms with E-state index in [1.807, 2.05) is 48.5 Å². The Labute approximate surface area is 129 Å². The Hall–Kier alpha value is -2.55. The van der Waals surface area contributed by atoms with Crippen molar-refractivity contribution in [3.05, 3.63) is 64.7 Å². The Kier molecular flexibility index (Phi) is 3.19. The molecule has 2 aliphatic rings. The predicted molar refractivity (Wildman–Crippen MR) is 84.5 cm³/mol. The average Bonchev–Trinajstić information content (AvgIpc) is 2.57. The van der Waals surface area contributed by atoms with E-state index in [1.165, 1.54) is 0 Å². The maximum atomic E-state index is 12.6. The van der Waals surface area contributed by atoms with E-state index in [0.29, 0.717) is 13.2 Å². The molecule has 2 aromatic rings. The summed E-state index contributed by atoms with van der Waals surface area (Å²) >= 11 is 0. The highest BCUT2D eigenvalue weighted by atomic mass is 16.6. The van der Waals surface area contributed by atoms with E-state index in [2.05, 4.69) is 0 Å². The van der Waals surface area contributed by atoms with Crippen LogP contribution in [0.4, 0.5) is 0 Å². The lowest BCUT2D eigenvalue weighted by Crippen LogP contribution is -2.15. The summed E-state index contributed by atoms with van der Waals surface area (Å²) in [5.74, 6) is 1.66. The zero-order valence-corrected chi connectivity index (χ0v) is 12.2. The Bertz CT molecular complexity index is 774. The largest absolute Gasteiger partial charge is 0.486 e. The summed E-state index contributed by atoms with van der Waals surface area (Å²) in [6.45, 7) is 1.15. The number of aryl methyl sites for hydroxylation is 1. The van der Waals surface area contributed by atoms with Crippen molar-refractivity contribution in [2.75, 3.05) is 13.2 Å². The Morgan fingerprint density at radius 2 is 1.73 bits per heavy atom. The van der Waals surface area contributed by atoms with Crippen molar-refractivity contribution < 1.29 is 14.3 Å². The van der Waals surface area contributed by atoms with Gasteiger partial charge in [0.25, 0.3) is 0 Å². The highest BCUT2D eigenvalue weighted by Crippen LogP contribution is 2.32. The number of carbonyl (C=O) groups is 1. The molecule has 3 heteroatoms. The lowest BCUT2D eigenvalue weighted by Gasteiger charge is -2.19. The molecule has 0 spiro atoms. The average molecular weight is 292 g/mol. The molecular weight excluding hydrogens is 276 g/mol. The monoisotopic (exact) mass is 292 g/mol. The van der Waals surface area contributed by atoms with E-state index in [-0.39, 0.29) is 5.78 Å². The van der Waals surface area contributed by atoms with Crippen molar-refractivity contribution in [2.45, 2.75) is 12.8 Å². The molecule has 0 radical (unpaired) electrons. The molecule has 3 nitrogen and oxygen atoms in total. The lowest BCUT2D eigenvalue weighted by molar-refractivity contribution is 0.102. The molecule has 0 fully saturated rings. The van der Waals surface area contributed by atoms with Crippen LogP contribution in [0.5, 0.6) is 11.5 Å². The van der Waals surface area contributed by atoms with Crippen molar-refractivity contribution in [3.63, 3.8) is 0 Å². The minimum Gasteiger partial charge on any atom is -0.486 e. The van der Waals surface area contributed by atoms with E-state index in [0.717, 1.165) is 46.6 Å². The fourth-order valence-corrected chi connectivity index (χ4v) is 3.00. The van der Waals surface area contributed by atoms with Gasteiger partial charge in [-0.1, -0.05) is 30.3 Å². The molecule has 110 valence electrons. The molecule has 0 saturated carbocycles. The summed E-state index contributed by atoms with van der Waals surface area (Å²) in [6, 6.07) is 13.7. The first-order chi connectivity index (χ1) is 10.8. The Morgan fingerprint density at radius 1 is 0.909 bits per heavy atom. The van der Waals surface area contributed by atoms with Gasteiger partial charge in [0.2, 0.25) is 0 Å². The van der Waals surface area contributed by atoms with Crippen LogP contribution in [0.15, 0.2) is 48.0 Å². The SMILES string of the molecule is O=C1C(=Cc2ccc3c(c2)OCCO3)CCc2ccccc21. The first-order valence-corrected chi connectivity index (χ1v) is 7.54. The molecule has 22 heavy (non-hydrogen) atoms. The van der Waals surface area contributed by atoms with Gasteiger partial charge in [0.1, 0.15) is 13.2 Å². The summed E-state index contributed by atoms with van der Waals surface area (Å²) in [6.07, 6.45) is 3.67. The molecule has 2 aromatic carbocycles.